The zero-order valence-electron chi connectivity index (χ0n) is 22.1. The molecule has 0 aliphatic carbocycles. The number of hydrogen-bond acceptors (Lipinski definition) is 4. The number of hydrogen-bond donors (Lipinski definition) is 2. The van der Waals surface area contributed by atoms with Crippen molar-refractivity contribution in [2.24, 2.45) is 0 Å². The van der Waals surface area contributed by atoms with Crippen molar-refractivity contribution in [1.82, 2.24) is 15.5 Å². The van der Waals surface area contributed by atoms with Crippen molar-refractivity contribution >= 4 is 35.2 Å². The van der Waals surface area contributed by atoms with Gasteiger partial charge in [-0.25, -0.2) is 0 Å². The van der Waals surface area contributed by atoms with Crippen molar-refractivity contribution in [2.75, 3.05) is 0 Å². The Labute approximate surface area is 195 Å². The van der Waals surface area contributed by atoms with E-state index >= 15 is 0 Å². The minimum atomic E-state index is -4.14. The molecule has 1 saturated heterocycles. The van der Waals surface area contributed by atoms with E-state index in [9.17, 15) is 28.0 Å². The number of nitrogens with one attached hydrogen (secondary N) is 2. The van der Waals surface area contributed by atoms with Crippen LogP contribution in [-0.4, -0.2) is 34.6 Å². The Hall–Kier alpha value is -3.33. The van der Waals surface area contributed by atoms with Gasteiger partial charge in [0.15, 0.2) is 2.82 Å². The lowest BCUT2D eigenvalue weighted by molar-refractivity contribution is -0.147. The molecule has 0 aromatic heterocycles. The van der Waals surface area contributed by atoms with E-state index in [2.05, 4.69) is 0 Å². The van der Waals surface area contributed by atoms with Crippen molar-refractivity contribution in [3.63, 3.8) is 0 Å². The highest BCUT2D eigenvalue weighted by atomic mass is 35.5. The zero-order chi connectivity index (χ0) is 28.3. The minimum Gasteiger partial charge on any atom is -0.346 e. The molecular formula is C22H18ClF2N3O4. The second-order valence-electron chi connectivity index (χ2n) is 7.00. The van der Waals surface area contributed by atoms with Gasteiger partial charge in [0.1, 0.15) is 6.04 Å². The fourth-order valence-electron chi connectivity index (χ4n) is 3.30. The van der Waals surface area contributed by atoms with Gasteiger partial charge in [-0.2, -0.15) is 8.78 Å². The van der Waals surface area contributed by atoms with Crippen LogP contribution in [0.25, 0.3) is 0 Å². The molecule has 10 heteroatoms. The van der Waals surface area contributed by atoms with Crippen LogP contribution in [0.1, 0.15) is 45.3 Å². The van der Waals surface area contributed by atoms with Crippen LogP contribution in [0.15, 0.2) is 42.5 Å². The van der Waals surface area contributed by atoms with Crippen molar-refractivity contribution in [1.29, 1.82) is 0 Å². The Bertz CT molecular complexity index is 1350. The van der Waals surface area contributed by atoms with Gasteiger partial charge in [-0.05, 0) is 35.7 Å². The lowest BCUT2D eigenvalue weighted by atomic mass is 10.0. The van der Waals surface area contributed by atoms with Crippen molar-refractivity contribution in [2.45, 2.75) is 37.8 Å². The Kier molecular flexibility index (Phi) is 4.02. The summed E-state index contributed by atoms with van der Waals surface area (Å²) in [6, 6.07) is 5.67. The fourth-order valence-corrected chi connectivity index (χ4v) is 3.42. The summed E-state index contributed by atoms with van der Waals surface area (Å²) in [6.45, 7) is -2.37. The molecule has 3 unspecified atom stereocenters. The number of rotatable bonds is 5. The number of halogens is 3. The molecule has 4 amide bonds. The van der Waals surface area contributed by atoms with Gasteiger partial charge in [-0.1, -0.05) is 35.9 Å². The third-order valence-corrected chi connectivity index (χ3v) is 5.15. The van der Waals surface area contributed by atoms with Crippen molar-refractivity contribution < 1.29 is 36.3 Å². The smallest absolute Gasteiger partial charge is 0.346 e. The van der Waals surface area contributed by atoms with Crippen LogP contribution >= 0.6 is 11.6 Å². The Morgan fingerprint density at radius 2 is 2.03 bits per heavy atom. The second-order valence-corrected chi connectivity index (χ2v) is 7.43. The molecule has 2 N–H and O–H groups in total. The Morgan fingerprint density at radius 3 is 2.75 bits per heavy atom. The molecule has 0 bridgehead atoms. The van der Waals surface area contributed by atoms with E-state index in [4.69, 9.17) is 19.9 Å². The quantitative estimate of drug-likeness (QED) is 0.660. The van der Waals surface area contributed by atoms with Gasteiger partial charge in [0.2, 0.25) is 11.8 Å². The molecule has 2 aliphatic rings. The maximum Gasteiger partial charge on any atom is 0.349 e. The number of carbonyl (C=O) groups excluding carboxylic acids is 4. The van der Waals surface area contributed by atoms with Crippen LogP contribution in [0.2, 0.25) is 7.85 Å². The summed E-state index contributed by atoms with van der Waals surface area (Å²) >= 11 is 5.69. The molecule has 0 spiro atoms. The average Bonchev–Trinajstić information content (AvgIpc) is 3.20. The first-order chi connectivity index (χ1) is 17.6. The molecular weight excluding hydrogens is 444 g/mol. The average molecular weight is 468 g/mol. The molecule has 2 aliphatic heterocycles. The molecule has 2 heterocycles. The lowest BCUT2D eigenvalue weighted by Crippen LogP contribution is -2.52. The predicted molar refractivity (Wildman–Crippen MR) is 110 cm³/mol. The van der Waals surface area contributed by atoms with Crippen LogP contribution in [0.5, 0.6) is 0 Å². The standard InChI is InChI=1S/C22H18ClF2N3O4/c23-15-4-2-14(3-5-15)22(24,25)21(32)26-10-12-1-6-16-13(9-12)11-28(20(16)31)17-7-8-18(29)27-19(17)30/h1-6,9,17H,7-8,10-11H2,(H,26,32)(H,27,29,30)/i7D2,8D,10D/hD2. The second kappa shape index (κ2) is 8.31. The zero-order valence-corrected chi connectivity index (χ0v) is 16.8. The third-order valence-electron chi connectivity index (χ3n) is 4.90. The Morgan fingerprint density at radius 1 is 1.31 bits per heavy atom. The first kappa shape index (κ1) is 15.5. The molecule has 2 aromatic rings. The number of fused-ring (bicyclic) bond motifs is 1. The summed E-state index contributed by atoms with van der Waals surface area (Å²) in [7, 11) is 0. The van der Waals surface area contributed by atoms with E-state index in [0.29, 0.717) is 0 Å². The van der Waals surface area contributed by atoms with Gasteiger partial charge in [-0.3, -0.25) is 24.5 Å². The SMILES string of the molecule is [2H]C(c1ccc2c(c1)CN(C1C(=O)N([2H])C(=O)C([2H])C1([2H])[2H])C2=O)N([2H])C(=O)C(F)(F)c1ccc(Cl)cc1. The predicted octanol–water partition coefficient (Wildman–Crippen LogP) is 2.51. The van der Waals surface area contributed by atoms with Crippen LogP contribution in [0, 0.1) is 0 Å². The summed E-state index contributed by atoms with van der Waals surface area (Å²) in [5.41, 5.74) is -0.752. The molecule has 0 saturated carbocycles. The number of alkyl halides is 2. The highest BCUT2D eigenvalue weighted by Gasteiger charge is 2.41. The number of benzene rings is 2. The summed E-state index contributed by atoms with van der Waals surface area (Å²) in [5.74, 6) is -9.70. The lowest BCUT2D eigenvalue weighted by Gasteiger charge is -2.29. The van der Waals surface area contributed by atoms with Gasteiger partial charge in [0.05, 0.1) is 1.37 Å². The summed E-state index contributed by atoms with van der Waals surface area (Å²) in [4.78, 5) is 50.6. The maximum absolute atomic E-state index is 14.7. The van der Waals surface area contributed by atoms with E-state index < -0.39 is 67.0 Å². The van der Waals surface area contributed by atoms with E-state index in [0.717, 1.165) is 35.2 Å². The number of amides is 4. The Balaban J connectivity index is 1.59. The number of piperidine rings is 1. The molecule has 0 radical (unpaired) electrons. The molecule has 4 rings (SSSR count). The van der Waals surface area contributed by atoms with E-state index in [1.165, 1.54) is 12.1 Å². The molecule has 3 atom stereocenters. The largest absolute Gasteiger partial charge is 0.349 e. The van der Waals surface area contributed by atoms with Gasteiger partial charge in [0.25, 0.3) is 11.8 Å². The third kappa shape index (κ3) is 4.08. The molecule has 32 heavy (non-hydrogen) atoms. The van der Waals surface area contributed by atoms with Crippen LogP contribution < -0.4 is 10.6 Å². The minimum absolute atomic E-state index is 0.0335. The van der Waals surface area contributed by atoms with Crippen molar-refractivity contribution in [3.8, 4) is 0 Å². The van der Waals surface area contributed by atoms with E-state index in [1.54, 1.807) is 0 Å². The highest BCUT2D eigenvalue weighted by molar-refractivity contribution is 6.30. The number of imide groups is 1. The molecule has 7 nitrogen and oxygen atoms in total. The van der Waals surface area contributed by atoms with Crippen molar-refractivity contribution in [3.05, 3.63) is 69.7 Å². The van der Waals surface area contributed by atoms with Gasteiger partial charge < -0.3 is 10.2 Å². The summed E-state index contributed by atoms with van der Waals surface area (Å²) in [6.07, 6.45) is -4.96. The van der Waals surface area contributed by atoms with Crippen LogP contribution in [-0.2, 0) is 33.4 Å². The van der Waals surface area contributed by atoms with Gasteiger partial charge >= 0.3 is 5.92 Å². The van der Waals surface area contributed by atoms with Gasteiger partial charge in [0, 0.05) is 39.7 Å². The van der Waals surface area contributed by atoms with Gasteiger partial charge in [-0.15, -0.1) is 0 Å². The summed E-state index contributed by atoms with van der Waals surface area (Å²) in [5, 5.41) is -0.221. The number of carbonyl (C=O) groups is 4. The van der Waals surface area contributed by atoms with Crippen LogP contribution in [0.4, 0.5) is 8.78 Å². The fraction of sp³-hybridized carbons (Fsp3) is 0.273. The topological polar surface area (TPSA) is 95.6 Å². The molecule has 1 fully saturated rings. The number of nitrogens with zero attached hydrogens (tertiary/aromatic N) is 1. The van der Waals surface area contributed by atoms with E-state index in [-0.39, 0.29) is 32.3 Å². The molecule has 2 aromatic carbocycles. The maximum atomic E-state index is 14.7. The summed E-state index contributed by atoms with van der Waals surface area (Å²) < 4.78 is 77.1. The highest BCUT2D eigenvalue weighted by Crippen LogP contribution is 2.30. The van der Waals surface area contributed by atoms with Crippen LogP contribution in [0.3, 0.4) is 0 Å². The first-order valence-electron chi connectivity index (χ1n) is 12.3. The molecule has 166 valence electrons. The van der Waals surface area contributed by atoms with E-state index in [1.807, 2.05) is 0 Å². The first-order valence-corrected chi connectivity index (χ1v) is 9.59. The normalized spacial score (nSPS) is 26.3. The monoisotopic (exact) mass is 467 g/mol.